The number of hydrogen-bond donors (Lipinski definition) is 1. The molecule has 1 aliphatic rings. The van der Waals surface area contributed by atoms with Gasteiger partial charge in [0, 0.05) is 22.1 Å². The summed E-state index contributed by atoms with van der Waals surface area (Å²) < 4.78 is 1.14. The Labute approximate surface area is 131 Å². The summed E-state index contributed by atoms with van der Waals surface area (Å²) in [5, 5.41) is 3.82. The number of hydrogen-bond acceptors (Lipinski definition) is 3. The zero-order valence-electron chi connectivity index (χ0n) is 11.4. The highest BCUT2D eigenvalue weighted by molar-refractivity contribution is 9.10. The molecule has 1 N–H and O–H groups in total. The quantitative estimate of drug-likeness (QED) is 0.778. The van der Waals surface area contributed by atoms with Crippen molar-refractivity contribution in [1.82, 2.24) is 9.97 Å². The van der Waals surface area contributed by atoms with Crippen molar-refractivity contribution in [2.45, 2.75) is 32.6 Å². The van der Waals surface area contributed by atoms with Crippen molar-refractivity contribution in [3.05, 3.63) is 44.8 Å². The fourth-order valence-electron chi connectivity index (χ4n) is 2.19. The van der Waals surface area contributed by atoms with Crippen molar-refractivity contribution in [2.24, 2.45) is 0 Å². The van der Waals surface area contributed by atoms with Crippen molar-refractivity contribution in [1.29, 1.82) is 0 Å². The third kappa shape index (κ3) is 2.96. The molecule has 1 fully saturated rings. The molecule has 0 unspecified atom stereocenters. The first-order valence-electron chi connectivity index (χ1n) is 6.61. The highest BCUT2D eigenvalue weighted by Crippen LogP contribution is 2.39. The monoisotopic (exact) mass is 351 g/mol. The normalized spacial score (nSPS) is 14.4. The van der Waals surface area contributed by atoms with Gasteiger partial charge in [-0.2, -0.15) is 0 Å². The van der Waals surface area contributed by atoms with Gasteiger partial charge in [0.05, 0.1) is 0 Å². The summed E-state index contributed by atoms with van der Waals surface area (Å²) in [6, 6.07) is 5.94. The SMILES string of the molecule is Cc1cc(Nc2cc(Cl)nc(C3CC3)n2)cc(C)c1Br. The second kappa shape index (κ2) is 5.34. The van der Waals surface area contributed by atoms with Crippen molar-refractivity contribution < 1.29 is 0 Å². The summed E-state index contributed by atoms with van der Waals surface area (Å²) in [6.45, 7) is 4.15. The highest BCUT2D eigenvalue weighted by Gasteiger charge is 2.27. The first-order chi connectivity index (χ1) is 9.52. The van der Waals surface area contributed by atoms with Gasteiger partial charge in [-0.25, -0.2) is 9.97 Å². The number of benzene rings is 1. The summed E-state index contributed by atoms with van der Waals surface area (Å²) in [7, 11) is 0. The van der Waals surface area contributed by atoms with Crippen molar-refractivity contribution in [2.75, 3.05) is 5.32 Å². The molecular formula is C15H15BrClN3. The predicted molar refractivity (Wildman–Crippen MR) is 85.9 cm³/mol. The van der Waals surface area contributed by atoms with Gasteiger partial charge in [0.1, 0.15) is 16.8 Å². The lowest BCUT2D eigenvalue weighted by molar-refractivity contribution is 0.930. The second-order valence-electron chi connectivity index (χ2n) is 5.26. The van der Waals surface area contributed by atoms with Crippen LogP contribution in [0.4, 0.5) is 11.5 Å². The first-order valence-corrected chi connectivity index (χ1v) is 7.78. The van der Waals surface area contributed by atoms with Crippen LogP contribution in [0.3, 0.4) is 0 Å². The third-order valence-electron chi connectivity index (χ3n) is 3.36. The molecule has 0 atom stereocenters. The van der Waals surface area contributed by atoms with Gasteiger partial charge in [0.2, 0.25) is 0 Å². The molecule has 1 aromatic carbocycles. The maximum Gasteiger partial charge on any atom is 0.135 e. The van der Waals surface area contributed by atoms with E-state index in [1.54, 1.807) is 6.07 Å². The van der Waals surface area contributed by atoms with Gasteiger partial charge >= 0.3 is 0 Å². The van der Waals surface area contributed by atoms with Crippen LogP contribution in [-0.4, -0.2) is 9.97 Å². The van der Waals surface area contributed by atoms with Crippen molar-refractivity contribution in [3.8, 4) is 0 Å². The maximum atomic E-state index is 6.08. The van der Waals surface area contributed by atoms with E-state index in [-0.39, 0.29) is 0 Å². The average molecular weight is 353 g/mol. The summed E-state index contributed by atoms with van der Waals surface area (Å²) in [6.07, 6.45) is 2.33. The van der Waals surface area contributed by atoms with Crippen LogP contribution >= 0.6 is 27.5 Å². The van der Waals surface area contributed by atoms with Crippen LogP contribution in [0.5, 0.6) is 0 Å². The Kier molecular flexibility index (Phi) is 3.69. The van der Waals surface area contributed by atoms with Gasteiger partial charge < -0.3 is 5.32 Å². The molecule has 20 heavy (non-hydrogen) atoms. The van der Waals surface area contributed by atoms with Gasteiger partial charge in [0.15, 0.2) is 0 Å². The van der Waals surface area contributed by atoms with E-state index in [1.165, 1.54) is 11.1 Å². The molecule has 0 aliphatic heterocycles. The van der Waals surface area contributed by atoms with Crippen LogP contribution in [0.25, 0.3) is 0 Å². The Morgan fingerprint density at radius 2 is 1.80 bits per heavy atom. The largest absolute Gasteiger partial charge is 0.340 e. The number of aryl methyl sites for hydroxylation is 2. The molecule has 104 valence electrons. The number of nitrogens with one attached hydrogen (secondary N) is 1. The van der Waals surface area contributed by atoms with Gasteiger partial charge in [-0.05, 0) is 49.9 Å². The molecule has 5 heteroatoms. The van der Waals surface area contributed by atoms with Gasteiger partial charge in [-0.3, -0.25) is 0 Å². The Morgan fingerprint density at radius 1 is 1.15 bits per heavy atom. The number of nitrogens with zero attached hydrogens (tertiary/aromatic N) is 2. The van der Waals surface area contributed by atoms with Crippen molar-refractivity contribution in [3.63, 3.8) is 0 Å². The minimum absolute atomic E-state index is 0.489. The van der Waals surface area contributed by atoms with Crippen LogP contribution in [0.1, 0.15) is 35.7 Å². The van der Waals surface area contributed by atoms with E-state index in [0.717, 1.165) is 34.6 Å². The first kappa shape index (κ1) is 13.8. The molecule has 1 aromatic heterocycles. The van der Waals surface area contributed by atoms with Crippen molar-refractivity contribution >= 4 is 39.0 Å². The smallest absolute Gasteiger partial charge is 0.135 e. The Balaban J connectivity index is 1.91. The average Bonchev–Trinajstić information content (AvgIpc) is 3.19. The molecule has 2 aromatic rings. The van der Waals surface area contributed by atoms with Crippen LogP contribution in [0.15, 0.2) is 22.7 Å². The molecule has 3 nitrogen and oxygen atoms in total. The van der Waals surface area contributed by atoms with Crippen LogP contribution in [-0.2, 0) is 0 Å². The van der Waals surface area contributed by atoms with E-state index in [0.29, 0.717) is 11.1 Å². The van der Waals surface area contributed by atoms with E-state index in [2.05, 4.69) is 57.2 Å². The van der Waals surface area contributed by atoms with E-state index < -0.39 is 0 Å². The lowest BCUT2D eigenvalue weighted by Gasteiger charge is -2.11. The number of anilines is 2. The molecule has 1 heterocycles. The fraction of sp³-hybridized carbons (Fsp3) is 0.333. The molecule has 0 radical (unpaired) electrons. The van der Waals surface area contributed by atoms with Crippen LogP contribution in [0.2, 0.25) is 5.15 Å². The number of aromatic nitrogens is 2. The molecule has 1 aliphatic carbocycles. The lowest BCUT2D eigenvalue weighted by atomic mass is 10.1. The Hall–Kier alpha value is -1.13. The minimum atomic E-state index is 0.489. The number of halogens is 2. The third-order valence-corrected chi connectivity index (χ3v) is 4.81. The topological polar surface area (TPSA) is 37.8 Å². The van der Waals surface area contributed by atoms with E-state index in [9.17, 15) is 0 Å². The van der Waals surface area contributed by atoms with Crippen LogP contribution in [0, 0.1) is 13.8 Å². The Bertz CT molecular complexity index is 645. The highest BCUT2D eigenvalue weighted by atomic mass is 79.9. The molecule has 1 saturated carbocycles. The molecule has 3 rings (SSSR count). The summed E-state index contributed by atoms with van der Waals surface area (Å²) in [5.41, 5.74) is 3.39. The standard InChI is InChI=1S/C15H15BrClN3/c1-8-5-11(6-9(2)14(8)16)18-13-7-12(17)19-15(20-13)10-3-4-10/h5-7,10H,3-4H2,1-2H3,(H,18,19,20). The van der Waals surface area contributed by atoms with E-state index in [1.807, 2.05) is 0 Å². The van der Waals surface area contributed by atoms with E-state index >= 15 is 0 Å². The molecule has 0 amide bonds. The molecule has 0 spiro atoms. The molecular weight excluding hydrogens is 338 g/mol. The molecule has 0 saturated heterocycles. The second-order valence-corrected chi connectivity index (χ2v) is 6.44. The summed E-state index contributed by atoms with van der Waals surface area (Å²) in [5.74, 6) is 2.10. The number of rotatable bonds is 3. The van der Waals surface area contributed by atoms with Gasteiger partial charge in [-0.15, -0.1) is 0 Å². The van der Waals surface area contributed by atoms with Gasteiger partial charge in [-0.1, -0.05) is 27.5 Å². The summed E-state index contributed by atoms with van der Waals surface area (Å²) >= 11 is 9.65. The molecule has 0 bridgehead atoms. The fourth-order valence-corrected chi connectivity index (χ4v) is 2.61. The Morgan fingerprint density at radius 3 is 2.40 bits per heavy atom. The maximum absolute atomic E-state index is 6.08. The lowest BCUT2D eigenvalue weighted by Crippen LogP contribution is -2.00. The zero-order chi connectivity index (χ0) is 14.3. The zero-order valence-corrected chi connectivity index (χ0v) is 13.7. The van der Waals surface area contributed by atoms with Crippen LogP contribution < -0.4 is 5.32 Å². The predicted octanol–water partition coefficient (Wildman–Crippen LogP) is 5.13. The minimum Gasteiger partial charge on any atom is -0.340 e. The van der Waals surface area contributed by atoms with E-state index in [4.69, 9.17) is 11.6 Å². The summed E-state index contributed by atoms with van der Waals surface area (Å²) in [4.78, 5) is 8.85. The van der Waals surface area contributed by atoms with Gasteiger partial charge in [0.25, 0.3) is 0 Å².